The zero-order valence-electron chi connectivity index (χ0n) is 20.4. The quantitative estimate of drug-likeness (QED) is 0.547. The highest BCUT2D eigenvalue weighted by Gasteiger charge is 2.58. The van der Waals surface area contributed by atoms with Gasteiger partial charge in [-0.05, 0) is 73.7 Å². The summed E-state index contributed by atoms with van der Waals surface area (Å²) in [6, 6.07) is 20.7. The zero-order valence-corrected chi connectivity index (χ0v) is 20.4. The molecule has 6 rings (SSSR count). The zero-order chi connectivity index (χ0) is 23.9. The summed E-state index contributed by atoms with van der Waals surface area (Å²) < 4.78 is 0. The van der Waals surface area contributed by atoms with Gasteiger partial charge in [-0.3, -0.25) is 14.5 Å². The first kappa shape index (κ1) is 22.5. The average Bonchev–Trinajstić information content (AvgIpc) is 3.37. The molecule has 2 N–H and O–H groups in total. The van der Waals surface area contributed by atoms with Crippen molar-refractivity contribution in [3.05, 3.63) is 82.1 Å². The lowest BCUT2D eigenvalue weighted by Crippen LogP contribution is -2.41. The number of hydrogen-bond donors (Lipinski definition) is 2. The highest BCUT2D eigenvalue weighted by atomic mass is 16.2. The van der Waals surface area contributed by atoms with Crippen LogP contribution in [0.5, 0.6) is 0 Å². The Kier molecular flexibility index (Phi) is 5.76. The summed E-state index contributed by atoms with van der Waals surface area (Å²) in [5, 5.41) is 4.45. The Balaban J connectivity index is 1.05. The fourth-order valence-electron chi connectivity index (χ4n) is 6.77. The van der Waals surface area contributed by atoms with Crippen LogP contribution in [0.1, 0.15) is 56.1 Å². The second-order valence-corrected chi connectivity index (χ2v) is 11.2. The molecule has 1 aliphatic heterocycles. The van der Waals surface area contributed by atoms with Crippen LogP contribution in [0.25, 0.3) is 10.9 Å². The molecule has 5 heteroatoms. The number of aromatic amines is 1. The predicted octanol–water partition coefficient (Wildman–Crippen LogP) is 4.76. The summed E-state index contributed by atoms with van der Waals surface area (Å²) in [6.07, 6.45) is 7.91. The minimum absolute atomic E-state index is 0.00641. The van der Waals surface area contributed by atoms with Gasteiger partial charge >= 0.3 is 0 Å². The molecule has 2 heterocycles. The Morgan fingerprint density at radius 2 is 1.69 bits per heavy atom. The maximum atomic E-state index is 13.2. The van der Waals surface area contributed by atoms with Crippen molar-refractivity contribution in [1.29, 1.82) is 0 Å². The van der Waals surface area contributed by atoms with E-state index in [-0.39, 0.29) is 28.2 Å². The number of para-hydroxylation sites is 1. The molecule has 1 saturated heterocycles. The molecule has 1 aromatic heterocycles. The molecule has 5 nitrogen and oxygen atoms in total. The standard InChI is InChI=1S/C30H35N3O2/c34-27-23(18-22-8-4-5-11-26(22)32-27)20-33-16-14-29(15-17-33)19-25(29)28(35)31-21-30(12-6-7-13-30)24-9-2-1-3-10-24/h1-5,8-11,18,25H,6-7,12-17,19-21H2,(H,31,35)(H,32,34)/t25-/m1/s1. The number of benzene rings is 2. The van der Waals surface area contributed by atoms with E-state index < -0.39 is 0 Å². The van der Waals surface area contributed by atoms with Gasteiger partial charge in [-0.25, -0.2) is 0 Å². The molecule has 0 bridgehead atoms. The number of carbonyl (C=O) groups excluding carboxylic acids is 1. The van der Waals surface area contributed by atoms with E-state index in [1.54, 1.807) is 0 Å². The highest BCUT2D eigenvalue weighted by Crippen LogP contribution is 2.59. The van der Waals surface area contributed by atoms with E-state index in [0.717, 1.165) is 68.2 Å². The molecule has 1 atom stereocenters. The van der Waals surface area contributed by atoms with Crippen LogP contribution in [0.2, 0.25) is 0 Å². The molecule has 0 radical (unpaired) electrons. The summed E-state index contributed by atoms with van der Waals surface area (Å²) in [4.78, 5) is 31.1. The minimum atomic E-state index is 0.00641. The van der Waals surface area contributed by atoms with E-state index in [1.165, 1.54) is 18.4 Å². The van der Waals surface area contributed by atoms with Gasteiger partial charge in [-0.2, -0.15) is 0 Å². The van der Waals surface area contributed by atoms with Crippen LogP contribution in [-0.2, 0) is 16.8 Å². The Morgan fingerprint density at radius 1 is 0.971 bits per heavy atom. The van der Waals surface area contributed by atoms with Crippen molar-refractivity contribution < 1.29 is 4.79 Å². The number of rotatable bonds is 6. The van der Waals surface area contributed by atoms with E-state index in [2.05, 4.69) is 45.5 Å². The molecular weight excluding hydrogens is 434 g/mol. The molecular formula is C30H35N3O2. The highest BCUT2D eigenvalue weighted by molar-refractivity contribution is 5.82. The molecule has 3 aliphatic rings. The third-order valence-corrected chi connectivity index (χ3v) is 9.13. The van der Waals surface area contributed by atoms with Gasteiger partial charge in [-0.15, -0.1) is 0 Å². The monoisotopic (exact) mass is 469 g/mol. The normalized spacial score (nSPS) is 22.9. The molecule has 35 heavy (non-hydrogen) atoms. The molecule has 1 amide bonds. The number of aromatic nitrogens is 1. The van der Waals surface area contributed by atoms with Crippen LogP contribution in [0.4, 0.5) is 0 Å². The molecule has 3 fully saturated rings. The molecule has 2 saturated carbocycles. The number of likely N-dealkylation sites (tertiary alicyclic amines) is 1. The van der Waals surface area contributed by atoms with Gasteiger partial charge in [0.2, 0.25) is 5.91 Å². The predicted molar refractivity (Wildman–Crippen MR) is 139 cm³/mol. The number of fused-ring (bicyclic) bond motifs is 1. The van der Waals surface area contributed by atoms with Crippen LogP contribution in [0.15, 0.2) is 65.5 Å². The minimum Gasteiger partial charge on any atom is -0.355 e. The Hall–Kier alpha value is -2.92. The lowest BCUT2D eigenvalue weighted by molar-refractivity contribution is -0.123. The fourth-order valence-corrected chi connectivity index (χ4v) is 6.77. The summed E-state index contributed by atoms with van der Waals surface area (Å²) in [7, 11) is 0. The molecule has 1 spiro atoms. The van der Waals surface area contributed by atoms with Gasteiger partial charge in [0, 0.05) is 35.5 Å². The summed E-state index contributed by atoms with van der Waals surface area (Å²) in [5.74, 6) is 0.412. The smallest absolute Gasteiger partial charge is 0.252 e. The largest absolute Gasteiger partial charge is 0.355 e. The van der Waals surface area contributed by atoms with Crippen LogP contribution >= 0.6 is 0 Å². The molecule has 0 unspecified atom stereocenters. The fraction of sp³-hybridized carbons (Fsp3) is 0.467. The van der Waals surface area contributed by atoms with Crippen LogP contribution in [0, 0.1) is 11.3 Å². The maximum absolute atomic E-state index is 13.2. The molecule has 2 aliphatic carbocycles. The third-order valence-electron chi connectivity index (χ3n) is 9.13. The first-order valence-electron chi connectivity index (χ1n) is 13.2. The number of piperidine rings is 1. The number of pyridine rings is 1. The van der Waals surface area contributed by atoms with Crippen molar-refractivity contribution in [3.8, 4) is 0 Å². The van der Waals surface area contributed by atoms with E-state index in [9.17, 15) is 9.59 Å². The van der Waals surface area contributed by atoms with Crippen LogP contribution < -0.4 is 10.9 Å². The molecule has 2 aromatic carbocycles. The topological polar surface area (TPSA) is 65.2 Å². The van der Waals surface area contributed by atoms with Crippen molar-refractivity contribution in [1.82, 2.24) is 15.2 Å². The van der Waals surface area contributed by atoms with Crippen molar-refractivity contribution in [2.45, 2.75) is 56.9 Å². The lowest BCUT2D eigenvalue weighted by atomic mass is 9.78. The lowest BCUT2D eigenvalue weighted by Gasteiger charge is -2.33. The second kappa shape index (κ2) is 8.94. The maximum Gasteiger partial charge on any atom is 0.252 e. The average molecular weight is 470 g/mol. The van der Waals surface area contributed by atoms with Gasteiger partial charge < -0.3 is 10.3 Å². The molecule has 182 valence electrons. The van der Waals surface area contributed by atoms with E-state index in [4.69, 9.17) is 0 Å². The van der Waals surface area contributed by atoms with Crippen molar-refractivity contribution in [2.24, 2.45) is 11.3 Å². The summed E-state index contributed by atoms with van der Waals surface area (Å²) >= 11 is 0. The van der Waals surface area contributed by atoms with Gasteiger partial charge in [0.05, 0.1) is 0 Å². The number of hydrogen-bond acceptors (Lipinski definition) is 3. The third kappa shape index (κ3) is 4.31. The van der Waals surface area contributed by atoms with E-state index >= 15 is 0 Å². The van der Waals surface area contributed by atoms with Gasteiger partial charge in [0.15, 0.2) is 0 Å². The van der Waals surface area contributed by atoms with Crippen LogP contribution in [-0.4, -0.2) is 35.4 Å². The van der Waals surface area contributed by atoms with E-state index in [1.807, 2.05) is 30.3 Å². The first-order chi connectivity index (χ1) is 17.1. The SMILES string of the molecule is O=C(NCC1(c2ccccc2)CCCC1)[C@H]1CC12CCN(Cc1cc3ccccc3[nH]c1=O)CC2. The Morgan fingerprint density at radius 3 is 2.46 bits per heavy atom. The van der Waals surface area contributed by atoms with E-state index in [0.29, 0.717) is 6.54 Å². The van der Waals surface area contributed by atoms with Gasteiger partial charge in [0.1, 0.15) is 0 Å². The first-order valence-corrected chi connectivity index (χ1v) is 13.2. The summed E-state index contributed by atoms with van der Waals surface area (Å²) in [6.45, 7) is 3.33. The number of amides is 1. The van der Waals surface area contributed by atoms with Crippen molar-refractivity contribution >= 4 is 16.8 Å². The van der Waals surface area contributed by atoms with Crippen molar-refractivity contribution in [3.63, 3.8) is 0 Å². The van der Waals surface area contributed by atoms with Gasteiger partial charge in [-0.1, -0.05) is 61.4 Å². The number of nitrogens with zero attached hydrogens (tertiary/aromatic N) is 1. The Bertz CT molecular complexity index is 1270. The number of carbonyl (C=O) groups is 1. The number of H-pyrrole nitrogens is 1. The number of nitrogens with one attached hydrogen (secondary N) is 2. The summed E-state index contributed by atoms with van der Waals surface area (Å²) in [5.41, 5.74) is 3.37. The Labute approximate surface area is 206 Å². The van der Waals surface area contributed by atoms with Gasteiger partial charge in [0.25, 0.3) is 5.56 Å². The second-order valence-electron chi connectivity index (χ2n) is 11.2. The van der Waals surface area contributed by atoms with Crippen LogP contribution in [0.3, 0.4) is 0 Å². The molecule has 3 aromatic rings. The van der Waals surface area contributed by atoms with Crippen molar-refractivity contribution in [2.75, 3.05) is 19.6 Å².